The Bertz CT molecular complexity index is 341. The van der Waals surface area contributed by atoms with Gasteiger partial charge in [0.15, 0.2) is 5.78 Å². The molecule has 0 aromatic carbocycles. The molecular formula is C11H15NO2S. The quantitative estimate of drug-likeness (QED) is 0.616. The van der Waals surface area contributed by atoms with Gasteiger partial charge in [-0.05, 0) is 25.5 Å². The molecule has 1 N–H and O–H groups in total. The summed E-state index contributed by atoms with van der Waals surface area (Å²) in [5.41, 5.74) is 0.684. The van der Waals surface area contributed by atoms with E-state index < -0.39 is 0 Å². The first-order chi connectivity index (χ1) is 7.13. The molecule has 0 radical (unpaired) electrons. The number of hydrogen-bond donors (Lipinski definition) is 1. The molecule has 0 spiro atoms. The molecule has 3 nitrogen and oxygen atoms in total. The topological polar surface area (TPSA) is 50.2 Å². The molecule has 4 heteroatoms. The number of nitrogens with zero attached hydrogens (tertiary/aromatic N) is 1. The van der Waals surface area contributed by atoms with Crippen LogP contribution in [0, 0.1) is 0 Å². The van der Waals surface area contributed by atoms with E-state index in [0.717, 1.165) is 11.4 Å². The van der Waals surface area contributed by atoms with Crippen LogP contribution in [0.1, 0.15) is 30.6 Å². The number of thioether (sulfide) groups is 1. The van der Waals surface area contributed by atoms with Crippen molar-refractivity contribution >= 4 is 17.5 Å². The largest absolute Gasteiger partial charge is 0.396 e. The SMILES string of the molecule is CC(=O)c1ccnc(SC(C)CCO)c1. The lowest BCUT2D eigenvalue weighted by atomic mass is 10.2. The second-order valence-electron chi connectivity index (χ2n) is 3.38. The highest BCUT2D eigenvalue weighted by Crippen LogP contribution is 2.23. The molecular weight excluding hydrogens is 210 g/mol. The molecule has 1 aromatic rings. The molecule has 1 unspecified atom stereocenters. The molecule has 0 fully saturated rings. The van der Waals surface area contributed by atoms with Crippen LogP contribution >= 0.6 is 11.8 Å². The van der Waals surface area contributed by atoms with Gasteiger partial charge in [0.1, 0.15) is 0 Å². The van der Waals surface area contributed by atoms with Crippen molar-refractivity contribution in [2.45, 2.75) is 30.5 Å². The predicted molar refractivity (Wildman–Crippen MR) is 61.3 cm³/mol. The van der Waals surface area contributed by atoms with Crippen molar-refractivity contribution in [2.75, 3.05) is 6.61 Å². The number of hydrogen-bond acceptors (Lipinski definition) is 4. The number of carbonyl (C=O) groups excluding carboxylic acids is 1. The summed E-state index contributed by atoms with van der Waals surface area (Å²) < 4.78 is 0. The third-order valence-electron chi connectivity index (χ3n) is 2.00. The molecule has 15 heavy (non-hydrogen) atoms. The zero-order chi connectivity index (χ0) is 11.3. The van der Waals surface area contributed by atoms with E-state index in [1.807, 2.05) is 6.92 Å². The van der Waals surface area contributed by atoms with Crippen LogP contribution in [0.5, 0.6) is 0 Å². The van der Waals surface area contributed by atoms with E-state index in [-0.39, 0.29) is 12.4 Å². The third kappa shape index (κ3) is 4.01. The van der Waals surface area contributed by atoms with Crippen LogP contribution in [0.3, 0.4) is 0 Å². The zero-order valence-corrected chi connectivity index (χ0v) is 9.75. The lowest BCUT2D eigenvalue weighted by molar-refractivity contribution is 0.101. The van der Waals surface area contributed by atoms with Crippen LogP contribution < -0.4 is 0 Å². The van der Waals surface area contributed by atoms with Gasteiger partial charge in [0.2, 0.25) is 0 Å². The third-order valence-corrected chi connectivity index (χ3v) is 3.10. The van der Waals surface area contributed by atoms with E-state index in [2.05, 4.69) is 4.98 Å². The Kier molecular flexibility index (Phi) is 4.78. The van der Waals surface area contributed by atoms with Crippen molar-refractivity contribution < 1.29 is 9.90 Å². The Hall–Kier alpha value is -0.870. The average Bonchev–Trinajstić information content (AvgIpc) is 2.18. The molecule has 0 aliphatic heterocycles. The molecule has 1 atom stereocenters. The molecule has 0 aliphatic carbocycles. The Morgan fingerprint density at radius 2 is 2.40 bits per heavy atom. The summed E-state index contributed by atoms with van der Waals surface area (Å²) in [4.78, 5) is 15.3. The van der Waals surface area contributed by atoms with E-state index in [0.29, 0.717) is 10.8 Å². The normalized spacial score (nSPS) is 12.5. The smallest absolute Gasteiger partial charge is 0.159 e. The van der Waals surface area contributed by atoms with Crippen LogP contribution in [0.15, 0.2) is 23.4 Å². The Labute approximate surface area is 93.9 Å². The van der Waals surface area contributed by atoms with E-state index in [4.69, 9.17) is 5.11 Å². The molecule has 0 amide bonds. The minimum absolute atomic E-state index is 0.0501. The molecule has 1 heterocycles. The molecule has 1 rings (SSSR count). The maximum atomic E-state index is 11.1. The number of pyridine rings is 1. The van der Waals surface area contributed by atoms with E-state index in [1.54, 1.807) is 37.0 Å². The highest BCUT2D eigenvalue weighted by molar-refractivity contribution is 7.99. The zero-order valence-electron chi connectivity index (χ0n) is 8.93. The van der Waals surface area contributed by atoms with Crippen LogP contribution in [-0.4, -0.2) is 27.7 Å². The molecule has 1 aromatic heterocycles. The highest BCUT2D eigenvalue weighted by Gasteiger charge is 2.06. The van der Waals surface area contributed by atoms with Crippen molar-refractivity contribution in [3.8, 4) is 0 Å². The maximum absolute atomic E-state index is 11.1. The van der Waals surface area contributed by atoms with Crippen molar-refractivity contribution in [2.24, 2.45) is 0 Å². The lowest BCUT2D eigenvalue weighted by Gasteiger charge is -2.08. The first-order valence-corrected chi connectivity index (χ1v) is 5.76. The van der Waals surface area contributed by atoms with Gasteiger partial charge >= 0.3 is 0 Å². The Balaban J connectivity index is 2.69. The Morgan fingerprint density at radius 1 is 1.67 bits per heavy atom. The molecule has 0 saturated heterocycles. The van der Waals surface area contributed by atoms with Crippen molar-refractivity contribution in [1.29, 1.82) is 0 Å². The van der Waals surface area contributed by atoms with Crippen molar-refractivity contribution in [1.82, 2.24) is 4.98 Å². The number of Topliss-reactive ketones (excluding diaryl/α,β-unsaturated/α-hetero) is 1. The van der Waals surface area contributed by atoms with E-state index >= 15 is 0 Å². The summed E-state index contributed by atoms with van der Waals surface area (Å²) in [6, 6.07) is 3.50. The first-order valence-electron chi connectivity index (χ1n) is 4.88. The van der Waals surface area contributed by atoms with Gasteiger partial charge in [-0.3, -0.25) is 4.79 Å². The van der Waals surface area contributed by atoms with Gasteiger partial charge in [-0.2, -0.15) is 0 Å². The van der Waals surface area contributed by atoms with Gasteiger partial charge in [0.25, 0.3) is 0 Å². The highest BCUT2D eigenvalue weighted by atomic mass is 32.2. The molecule has 82 valence electrons. The molecule has 0 bridgehead atoms. The minimum Gasteiger partial charge on any atom is -0.396 e. The summed E-state index contributed by atoms with van der Waals surface area (Å²) in [6.45, 7) is 3.75. The maximum Gasteiger partial charge on any atom is 0.159 e. The van der Waals surface area contributed by atoms with Crippen LogP contribution in [0.25, 0.3) is 0 Å². The summed E-state index contributed by atoms with van der Waals surface area (Å²) >= 11 is 1.58. The van der Waals surface area contributed by atoms with Crippen LogP contribution in [-0.2, 0) is 0 Å². The fourth-order valence-corrected chi connectivity index (χ4v) is 2.09. The van der Waals surface area contributed by atoms with E-state index in [9.17, 15) is 4.79 Å². The van der Waals surface area contributed by atoms with Gasteiger partial charge in [-0.1, -0.05) is 6.92 Å². The summed E-state index contributed by atoms with van der Waals surface area (Å²) in [6.07, 6.45) is 2.38. The standard InChI is InChI=1S/C11H15NO2S/c1-8(4-6-13)15-11-7-10(9(2)14)3-5-12-11/h3,5,7-8,13H,4,6H2,1-2H3. The number of aliphatic hydroxyl groups is 1. The molecule has 0 aliphatic rings. The summed E-state index contributed by atoms with van der Waals surface area (Å²) in [5.74, 6) is 0.0501. The number of aromatic nitrogens is 1. The van der Waals surface area contributed by atoms with Crippen LogP contribution in [0.4, 0.5) is 0 Å². The minimum atomic E-state index is 0.0501. The molecule has 0 saturated carbocycles. The van der Waals surface area contributed by atoms with Gasteiger partial charge in [-0.15, -0.1) is 11.8 Å². The predicted octanol–water partition coefficient (Wildman–Crippen LogP) is 2.15. The Morgan fingerprint density at radius 3 is 3.00 bits per heavy atom. The number of aliphatic hydroxyl groups excluding tert-OH is 1. The number of ketones is 1. The van der Waals surface area contributed by atoms with Gasteiger partial charge < -0.3 is 5.11 Å². The second kappa shape index (κ2) is 5.88. The van der Waals surface area contributed by atoms with Crippen molar-refractivity contribution in [3.05, 3.63) is 23.9 Å². The summed E-state index contributed by atoms with van der Waals surface area (Å²) in [7, 11) is 0. The fourth-order valence-electron chi connectivity index (χ4n) is 1.14. The monoisotopic (exact) mass is 225 g/mol. The van der Waals surface area contributed by atoms with Gasteiger partial charge in [0.05, 0.1) is 5.03 Å². The summed E-state index contributed by atoms with van der Waals surface area (Å²) in [5, 5.41) is 9.92. The van der Waals surface area contributed by atoms with E-state index in [1.165, 1.54) is 0 Å². The first kappa shape index (κ1) is 12.2. The van der Waals surface area contributed by atoms with Gasteiger partial charge in [-0.25, -0.2) is 4.98 Å². The van der Waals surface area contributed by atoms with Crippen LogP contribution in [0.2, 0.25) is 0 Å². The number of rotatable bonds is 5. The number of carbonyl (C=O) groups is 1. The fraction of sp³-hybridized carbons (Fsp3) is 0.455. The average molecular weight is 225 g/mol. The van der Waals surface area contributed by atoms with Gasteiger partial charge in [0, 0.05) is 23.6 Å². The lowest BCUT2D eigenvalue weighted by Crippen LogP contribution is -2.00. The second-order valence-corrected chi connectivity index (χ2v) is 4.84. The van der Waals surface area contributed by atoms with Crippen molar-refractivity contribution in [3.63, 3.8) is 0 Å².